The number of amides is 4. The lowest BCUT2D eigenvalue weighted by atomic mass is 9.78. The molecule has 1 N–H and O–H groups in total. The zero-order chi connectivity index (χ0) is 48.8. The molecule has 4 aliphatic heterocycles. The fourth-order valence-corrected chi connectivity index (χ4v) is 11.5. The summed E-state index contributed by atoms with van der Waals surface area (Å²) >= 11 is 0. The normalized spacial score (nSPS) is 19.2. The Morgan fingerprint density at radius 3 is 2.20 bits per heavy atom. The van der Waals surface area contributed by atoms with E-state index >= 15 is 8.78 Å². The highest BCUT2D eigenvalue weighted by Gasteiger charge is 2.45. The van der Waals surface area contributed by atoms with Crippen LogP contribution >= 0.6 is 0 Å². The molecule has 364 valence electrons. The largest absolute Gasteiger partial charge is 0.493 e. The summed E-state index contributed by atoms with van der Waals surface area (Å²) in [5, 5.41) is 7.72. The molecule has 15 nitrogen and oxygen atoms in total. The quantitative estimate of drug-likeness (QED) is 0.103. The standard InChI is InChI=1S/C51H56F2N6O9S/c1-5-67-44-27-33(9-17-43(44)66-3)42(29-69(4,64)65)59-49(62)38-7-6-8-40(46(38)50(59)63)58-25-21-32(22-26-58)31-19-23-57(24-20-31)30-51(52,53)34-10-12-35(13-11-34)68-36-14-15-37-41(28-36)56(2)55-47(37)39-16-18-45(60)54-48(39)61/h6-15,17,27-28,31-32,39,42H,5,16,18-26,29-30H2,1-4H3,(H,54,60,61)/t39-,42+/m0/s1. The van der Waals surface area contributed by atoms with E-state index in [2.05, 4.69) is 15.3 Å². The molecule has 3 fully saturated rings. The molecule has 4 amide bonds. The number of nitrogens with zero attached hydrogens (tertiary/aromatic N) is 5. The Morgan fingerprint density at radius 2 is 1.54 bits per heavy atom. The maximum absolute atomic E-state index is 15.8. The highest BCUT2D eigenvalue weighted by molar-refractivity contribution is 7.90. The number of fused-ring (bicyclic) bond motifs is 2. The number of hydrogen-bond donors (Lipinski definition) is 1. The average Bonchev–Trinajstić information content (AvgIpc) is 3.78. The number of rotatable bonds is 15. The van der Waals surface area contributed by atoms with Crippen LogP contribution in [0.25, 0.3) is 10.9 Å². The van der Waals surface area contributed by atoms with Crippen LogP contribution in [0.15, 0.2) is 78.9 Å². The minimum atomic E-state index is -3.66. The lowest BCUT2D eigenvalue weighted by Gasteiger charge is -2.41. The number of alkyl halides is 2. The smallest absolute Gasteiger partial charge is 0.285 e. The molecule has 69 heavy (non-hydrogen) atoms. The van der Waals surface area contributed by atoms with E-state index in [9.17, 15) is 27.6 Å². The Morgan fingerprint density at radius 1 is 0.841 bits per heavy atom. The van der Waals surface area contributed by atoms with Crippen LogP contribution in [0.3, 0.4) is 0 Å². The van der Waals surface area contributed by atoms with Gasteiger partial charge in [-0.3, -0.25) is 39.0 Å². The van der Waals surface area contributed by atoms with Gasteiger partial charge in [-0.2, -0.15) is 13.9 Å². The molecule has 0 saturated carbocycles. The number of piperidine rings is 3. The lowest BCUT2D eigenvalue weighted by Crippen LogP contribution is -2.44. The second-order valence-electron chi connectivity index (χ2n) is 18.6. The van der Waals surface area contributed by atoms with E-state index in [0.717, 1.165) is 47.7 Å². The first-order chi connectivity index (χ1) is 33.0. The van der Waals surface area contributed by atoms with Crippen molar-refractivity contribution in [2.24, 2.45) is 18.9 Å². The Balaban J connectivity index is 0.790. The van der Waals surface area contributed by atoms with Crippen LogP contribution in [-0.4, -0.2) is 110 Å². The summed E-state index contributed by atoms with van der Waals surface area (Å²) in [5.41, 5.74) is 2.78. The van der Waals surface area contributed by atoms with E-state index < -0.39 is 51.8 Å². The van der Waals surface area contributed by atoms with Crippen molar-refractivity contribution in [3.8, 4) is 23.0 Å². The van der Waals surface area contributed by atoms with Gasteiger partial charge in [-0.05, 0) is 130 Å². The monoisotopic (exact) mass is 966 g/mol. The summed E-state index contributed by atoms with van der Waals surface area (Å²) in [6.07, 6.45) is 4.98. The molecular formula is C51H56F2N6O9S. The summed E-state index contributed by atoms with van der Waals surface area (Å²) in [4.78, 5) is 57.7. The van der Waals surface area contributed by atoms with Crippen molar-refractivity contribution in [2.45, 2.75) is 63.3 Å². The molecule has 9 rings (SSSR count). The van der Waals surface area contributed by atoms with Gasteiger partial charge in [0.2, 0.25) is 11.8 Å². The maximum Gasteiger partial charge on any atom is 0.285 e. The second kappa shape index (κ2) is 19.2. The predicted molar refractivity (Wildman–Crippen MR) is 254 cm³/mol. The van der Waals surface area contributed by atoms with Crippen molar-refractivity contribution < 1.29 is 50.6 Å². The predicted octanol–water partition coefficient (Wildman–Crippen LogP) is 7.40. The van der Waals surface area contributed by atoms with Gasteiger partial charge in [0.25, 0.3) is 17.7 Å². The van der Waals surface area contributed by atoms with Crippen molar-refractivity contribution in [2.75, 3.05) is 63.3 Å². The van der Waals surface area contributed by atoms with Crippen LogP contribution in [0.4, 0.5) is 14.5 Å². The third kappa shape index (κ3) is 9.78. The van der Waals surface area contributed by atoms with E-state index in [1.807, 2.05) is 17.0 Å². The number of anilines is 1. The molecular weight excluding hydrogens is 911 g/mol. The molecule has 4 aromatic carbocycles. The summed E-state index contributed by atoms with van der Waals surface area (Å²) in [6, 6.07) is 20.2. The fraction of sp³-hybridized carbons (Fsp3) is 0.431. The average molecular weight is 967 g/mol. The van der Waals surface area contributed by atoms with Gasteiger partial charge in [-0.1, -0.05) is 12.1 Å². The number of imide groups is 2. The first-order valence-corrected chi connectivity index (χ1v) is 25.5. The number of aryl methyl sites for hydroxylation is 1. The van der Waals surface area contributed by atoms with Gasteiger partial charge in [-0.15, -0.1) is 0 Å². The molecule has 4 aliphatic rings. The van der Waals surface area contributed by atoms with E-state index in [1.165, 1.54) is 31.4 Å². The lowest BCUT2D eigenvalue weighted by molar-refractivity contribution is -0.134. The van der Waals surface area contributed by atoms with Crippen LogP contribution in [0.2, 0.25) is 0 Å². The van der Waals surface area contributed by atoms with Crippen molar-refractivity contribution in [1.29, 1.82) is 0 Å². The van der Waals surface area contributed by atoms with Gasteiger partial charge < -0.3 is 19.1 Å². The van der Waals surface area contributed by atoms with Gasteiger partial charge in [0.1, 0.15) is 21.3 Å². The molecule has 5 heterocycles. The summed E-state index contributed by atoms with van der Waals surface area (Å²) in [5.74, 6) is -3.43. The number of halogens is 2. The van der Waals surface area contributed by atoms with Crippen molar-refractivity contribution in [3.63, 3.8) is 0 Å². The molecule has 18 heteroatoms. The molecule has 0 spiro atoms. The van der Waals surface area contributed by atoms with Crippen LogP contribution in [0.1, 0.15) is 94.9 Å². The topological polar surface area (TPSA) is 170 Å². The van der Waals surface area contributed by atoms with E-state index in [1.54, 1.807) is 61.1 Å². The molecule has 0 radical (unpaired) electrons. The van der Waals surface area contributed by atoms with E-state index in [-0.39, 0.29) is 34.9 Å². The van der Waals surface area contributed by atoms with Gasteiger partial charge in [0, 0.05) is 49.8 Å². The number of carbonyl (C=O) groups excluding carboxylic acids is 4. The Labute approximate surface area is 399 Å². The highest BCUT2D eigenvalue weighted by atomic mass is 32.2. The van der Waals surface area contributed by atoms with Crippen LogP contribution in [0, 0.1) is 11.8 Å². The van der Waals surface area contributed by atoms with Crippen molar-refractivity contribution >= 4 is 50.1 Å². The minimum absolute atomic E-state index is 0.0987. The number of ether oxygens (including phenoxy) is 3. The van der Waals surface area contributed by atoms with Crippen LogP contribution < -0.4 is 24.4 Å². The zero-order valence-corrected chi connectivity index (χ0v) is 39.9. The number of likely N-dealkylation sites (tertiary alicyclic amines) is 1. The molecule has 0 bridgehead atoms. The third-order valence-corrected chi connectivity index (χ3v) is 15.0. The zero-order valence-electron chi connectivity index (χ0n) is 39.1. The number of nitrogens with one attached hydrogen (secondary N) is 1. The Bertz CT molecular complexity index is 2910. The van der Waals surface area contributed by atoms with Gasteiger partial charge in [-0.25, -0.2) is 8.42 Å². The van der Waals surface area contributed by atoms with Crippen LogP contribution in [0.5, 0.6) is 23.0 Å². The molecule has 1 aromatic heterocycles. The number of sulfone groups is 1. The van der Waals surface area contributed by atoms with Crippen LogP contribution in [-0.2, 0) is 32.4 Å². The Kier molecular flexibility index (Phi) is 13.2. The van der Waals surface area contributed by atoms with Crippen molar-refractivity contribution in [1.82, 2.24) is 24.9 Å². The summed E-state index contributed by atoms with van der Waals surface area (Å²) in [6.45, 7) is 4.13. The number of hydrogen-bond acceptors (Lipinski definition) is 12. The maximum atomic E-state index is 15.8. The number of aromatic nitrogens is 2. The van der Waals surface area contributed by atoms with Gasteiger partial charge >= 0.3 is 0 Å². The molecule has 0 aliphatic carbocycles. The molecule has 2 atom stereocenters. The van der Waals surface area contributed by atoms with Gasteiger partial charge in [0.05, 0.1) is 66.0 Å². The fourth-order valence-electron chi connectivity index (χ4n) is 10.6. The first kappa shape index (κ1) is 47.7. The number of benzene rings is 4. The highest BCUT2D eigenvalue weighted by Crippen LogP contribution is 2.42. The molecule has 0 unspecified atom stereocenters. The Hall–Kier alpha value is -6.40. The molecule has 5 aromatic rings. The second-order valence-corrected chi connectivity index (χ2v) is 20.8. The van der Waals surface area contributed by atoms with E-state index in [0.29, 0.717) is 91.0 Å². The third-order valence-electron chi connectivity index (χ3n) is 14.1. The first-order valence-electron chi connectivity index (χ1n) is 23.4. The molecule has 3 saturated heterocycles. The van der Waals surface area contributed by atoms with Gasteiger partial charge in [0.15, 0.2) is 11.5 Å². The van der Waals surface area contributed by atoms with Crippen molar-refractivity contribution in [3.05, 3.63) is 107 Å². The summed E-state index contributed by atoms with van der Waals surface area (Å²) in [7, 11) is -0.409. The van der Waals surface area contributed by atoms with E-state index in [4.69, 9.17) is 14.2 Å². The number of carbonyl (C=O) groups is 4. The number of methoxy groups -OCH3 is 1. The summed E-state index contributed by atoms with van der Waals surface area (Å²) < 4.78 is 76.0. The SMILES string of the molecule is CCOc1cc([C@@H](CS(C)(=O)=O)N2C(=O)c3cccc(N4CCC(C5CCN(CC(F)(F)c6ccc(Oc7ccc8c([C@@H]9CCC(=O)NC9=O)nn(C)c8c7)cc6)CC5)CC4)c3C2=O)ccc1OC. The minimum Gasteiger partial charge on any atom is -0.493 e.